The van der Waals surface area contributed by atoms with Gasteiger partial charge in [-0.25, -0.2) is 4.39 Å². The Morgan fingerprint density at radius 3 is 1.67 bits per heavy atom. The highest BCUT2D eigenvalue weighted by Gasteiger charge is 2.73. The molecule has 0 aromatic heterocycles. The van der Waals surface area contributed by atoms with Crippen molar-refractivity contribution in [3.63, 3.8) is 0 Å². The second-order valence-electron chi connectivity index (χ2n) is 3.65. The smallest absolute Gasteiger partial charge is 0.435 e. The van der Waals surface area contributed by atoms with Gasteiger partial charge in [-0.1, -0.05) is 6.07 Å². The van der Waals surface area contributed by atoms with E-state index in [0.29, 0.717) is 12.1 Å². The van der Waals surface area contributed by atoms with Gasteiger partial charge in [-0.15, -0.1) is 0 Å². The predicted molar refractivity (Wildman–Crippen MR) is 47.7 cm³/mol. The van der Waals surface area contributed by atoms with Gasteiger partial charge in [0.15, 0.2) is 0 Å². The molecule has 0 unspecified atom stereocenters. The Bertz CT molecular complexity index is 433. The second-order valence-corrected chi connectivity index (χ2v) is 3.65. The number of alkyl halides is 7. The van der Waals surface area contributed by atoms with Crippen LogP contribution in [0.2, 0.25) is 0 Å². The molecule has 1 nitrogen and oxygen atoms in total. The van der Waals surface area contributed by atoms with Crippen molar-refractivity contribution in [1.82, 2.24) is 0 Å². The Labute approximate surface area is 96.8 Å². The summed E-state index contributed by atoms with van der Waals surface area (Å²) in [7, 11) is 0. The maximum absolute atomic E-state index is 13.6. The van der Waals surface area contributed by atoms with Gasteiger partial charge in [0.05, 0.1) is 0 Å². The first-order chi connectivity index (χ1) is 7.91. The number of aryl methyl sites for hydroxylation is 1. The lowest BCUT2D eigenvalue weighted by atomic mass is 9.90. The van der Waals surface area contributed by atoms with E-state index in [1.165, 1.54) is 0 Å². The van der Waals surface area contributed by atoms with Crippen molar-refractivity contribution in [2.45, 2.75) is 24.9 Å². The zero-order valence-corrected chi connectivity index (χ0v) is 8.83. The van der Waals surface area contributed by atoms with E-state index in [0.717, 1.165) is 6.92 Å². The van der Waals surface area contributed by atoms with E-state index < -0.39 is 34.9 Å². The van der Waals surface area contributed by atoms with Gasteiger partial charge in [0, 0.05) is 5.56 Å². The van der Waals surface area contributed by atoms with E-state index in [2.05, 4.69) is 0 Å². The lowest BCUT2D eigenvalue weighted by Crippen LogP contribution is -2.50. The summed E-state index contributed by atoms with van der Waals surface area (Å²) in [6.45, 7) is 0.848. The second kappa shape index (κ2) is 4.03. The summed E-state index contributed by atoms with van der Waals surface area (Å²) >= 11 is 0. The zero-order chi connectivity index (χ0) is 14.4. The fourth-order valence-corrected chi connectivity index (χ4v) is 1.50. The molecule has 18 heavy (non-hydrogen) atoms. The third-order valence-electron chi connectivity index (χ3n) is 2.36. The van der Waals surface area contributed by atoms with E-state index in [9.17, 15) is 30.7 Å². The molecule has 0 aliphatic heterocycles. The molecule has 0 atom stereocenters. The summed E-state index contributed by atoms with van der Waals surface area (Å²) in [6, 6.07) is 1.46. The van der Waals surface area contributed by atoms with Crippen molar-refractivity contribution in [2.75, 3.05) is 0 Å². The van der Waals surface area contributed by atoms with Crippen LogP contribution in [-0.4, -0.2) is 17.5 Å². The van der Waals surface area contributed by atoms with Crippen molar-refractivity contribution in [1.29, 1.82) is 0 Å². The first kappa shape index (κ1) is 14.6. The predicted octanol–water partition coefficient (Wildman–Crippen LogP) is 3.99. The average molecular weight is 276 g/mol. The monoisotopic (exact) mass is 276 g/mol. The lowest BCUT2D eigenvalue weighted by Gasteiger charge is -2.31. The molecule has 1 rings (SSSR count). The number of phenolic OH excluding ortho intramolecular Hbond substituents is 1. The van der Waals surface area contributed by atoms with Crippen LogP contribution in [0, 0.1) is 6.92 Å². The summed E-state index contributed by atoms with van der Waals surface area (Å²) in [5.41, 5.74) is -7.69. The first-order valence-corrected chi connectivity index (χ1v) is 4.53. The minimum absolute atomic E-state index is 0.269. The maximum atomic E-state index is 13.6. The fraction of sp³-hybridized carbons (Fsp3) is 0.400. The number of rotatable bonds is 1. The van der Waals surface area contributed by atoms with Gasteiger partial charge in [0.25, 0.3) is 0 Å². The third kappa shape index (κ3) is 2.11. The summed E-state index contributed by atoms with van der Waals surface area (Å²) in [5.74, 6) is -0.553. The minimum Gasteiger partial charge on any atom is -0.508 e. The van der Waals surface area contributed by atoms with Crippen LogP contribution in [0.1, 0.15) is 11.1 Å². The quantitative estimate of drug-likeness (QED) is 0.769. The van der Waals surface area contributed by atoms with Crippen molar-refractivity contribution in [3.05, 3.63) is 29.3 Å². The topological polar surface area (TPSA) is 20.2 Å². The molecule has 0 heterocycles. The molecule has 0 spiro atoms. The molecule has 0 radical (unpaired) electrons. The number of hydrogen-bond acceptors (Lipinski definition) is 1. The number of phenols is 1. The van der Waals surface area contributed by atoms with Crippen molar-refractivity contribution >= 4 is 0 Å². The lowest BCUT2D eigenvalue weighted by molar-refractivity contribution is -0.348. The van der Waals surface area contributed by atoms with Crippen molar-refractivity contribution in [3.8, 4) is 5.75 Å². The first-order valence-electron chi connectivity index (χ1n) is 4.53. The molecule has 0 aliphatic carbocycles. The van der Waals surface area contributed by atoms with Gasteiger partial charge in [0.1, 0.15) is 5.75 Å². The standard InChI is InChI=1S/C10H7F7O/c1-5-4-6(18)2-3-7(5)8(11,9(12,13)14)10(15,16)17/h2-4,18H,1H3. The average Bonchev–Trinajstić information content (AvgIpc) is 2.12. The Balaban J connectivity index is 3.56. The number of benzene rings is 1. The van der Waals surface area contributed by atoms with Crippen LogP contribution in [0.4, 0.5) is 30.7 Å². The summed E-state index contributed by atoms with van der Waals surface area (Å²) in [4.78, 5) is 0. The number of halogens is 7. The highest BCUT2D eigenvalue weighted by Crippen LogP contribution is 2.54. The number of aromatic hydroxyl groups is 1. The number of hydrogen-bond donors (Lipinski definition) is 1. The molecule has 0 amide bonds. The van der Waals surface area contributed by atoms with E-state index in [1.54, 1.807) is 0 Å². The fourth-order valence-electron chi connectivity index (χ4n) is 1.50. The van der Waals surface area contributed by atoms with Gasteiger partial charge >= 0.3 is 18.0 Å². The van der Waals surface area contributed by atoms with Gasteiger partial charge < -0.3 is 5.11 Å². The summed E-state index contributed by atoms with van der Waals surface area (Å²) < 4.78 is 88.1. The van der Waals surface area contributed by atoms with E-state index in [-0.39, 0.29) is 6.07 Å². The van der Waals surface area contributed by atoms with Crippen LogP contribution in [-0.2, 0) is 5.67 Å². The Hall–Kier alpha value is -1.47. The van der Waals surface area contributed by atoms with Gasteiger partial charge in [-0.3, -0.25) is 0 Å². The Morgan fingerprint density at radius 2 is 1.33 bits per heavy atom. The van der Waals surface area contributed by atoms with Crippen LogP contribution in [0.15, 0.2) is 18.2 Å². The van der Waals surface area contributed by atoms with E-state index in [1.807, 2.05) is 0 Å². The molecule has 102 valence electrons. The summed E-state index contributed by atoms with van der Waals surface area (Å²) in [5, 5.41) is 8.92. The van der Waals surface area contributed by atoms with Gasteiger partial charge in [-0.2, -0.15) is 26.3 Å². The molecule has 0 saturated heterocycles. The minimum atomic E-state index is -6.15. The van der Waals surface area contributed by atoms with Gasteiger partial charge in [0.2, 0.25) is 0 Å². The molecule has 0 bridgehead atoms. The molecule has 0 saturated carbocycles. The molecular formula is C10H7F7O. The molecular weight excluding hydrogens is 269 g/mol. The van der Waals surface area contributed by atoms with Crippen LogP contribution >= 0.6 is 0 Å². The highest BCUT2D eigenvalue weighted by molar-refractivity contribution is 5.39. The summed E-state index contributed by atoms with van der Waals surface area (Å²) in [6.07, 6.45) is -12.3. The zero-order valence-electron chi connectivity index (χ0n) is 8.83. The van der Waals surface area contributed by atoms with Gasteiger partial charge in [-0.05, 0) is 24.6 Å². The van der Waals surface area contributed by atoms with Crippen LogP contribution < -0.4 is 0 Å². The van der Waals surface area contributed by atoms with Crippen LogP contribution in [0.3, 0.4) is 0 Å². The molecule has 0 fully saturated rings. The van der Waals surface area contributed by atoms with Crippen molar-refractivity contribution < 1.29 is 35.8 Å². The van der Waals surface area contributed by atoms with E-state index >= 15 is 0 Å². The Morgan fingerprint density at radius 1 is 0.889 bits per heavy atom. The highest BCUT2D eigenvalue weighted by atomic mass is 19.4. The molecule has 1 aromatic rings. The molecule has 8 heteroatoms. The SMILES string of the molecule is Cc1cc(O)ccc1C(F)(C(F)(F)F)C(F)(F)F. The molecule has 1 N–H and O–H groups in total. The molecule has 0 aliphatic rings. The van der Waals surface area contributed by atoms with Crippen LogP contribution in [0.5, 0.6) is 5.75 Å². The largest absolute Gasteiger partial charge is 0.508 e. The Kier molecular flexibility index (Phi) is 3.27. The van der Waals surface area contributed by atoms with Crippen LogP contribution in [0.25, 0.3) is 0 Å². The van der Waals surface area contributed by atoms with Crippen molar-refractivity contribution in [2.24, 2.45) is 0 Å². The third-order valence-corrected chi connectivity index (χ3v) is 2.36. The van der Waals surface area contributed by atoms with E-state index in [4.69, 9.17) is 5.11 Å². The normalized spacial score (nSPS) is 13.8. The molecule has 1 aromatic carbocycles. The maximum Gasteiger partial charge on any atom is 0.435 e.